The molecule has 0 bridgehead atoms. The van der Waals surface area contributed by atoms with Crippen molar-refractivity contribution in [3.8, 4) is 0 Å². The number of hydrogen-bond donors (Lipinski definition) is 3. The number of urea groups is 1. The minimum atomic E-state index is -0.723. The highest BCUT2D eigenvalue weighted by Crippen LogP contribution is 2.26. The predicted octanol–water partition coefficient (Wildman–Crippen LogP) is 3.83. The minimum absolute atomic E-state index is 0.0536. The molecule has 3 N–H and O–H groups in total. The molecule has 23 heavy (non-hydrogen) atoms. The summed E-state index contributed by atoms with van der Waals surface area (Å²) in [4.78, 5) is 14.6. The fourth-order valence-electron chi connectivity index (χ4n) is 2.61. The molecular formula is C17H24N2O3S. The summed E-state index contributed by atoms with van der Waals surface area (Å²) < 4.78 is 5.16. The number of furan rings is 1. The average Bonchev–Trinajstić information content (AvgIpc) is 3.07. The highest BCUT2D eigenvalue weighted by molar-refractivity contribution is 7.12. The van der Waals surface area contributed by atoms with Crippen molar-refractivity contribution in [2.75, 3.05) is 0 Å². The Balaban J connectivity index is 1.83. The molecule has 5 nitrogen and oxygen atoms in total. The van der Waals surface area contributed by atoms with Crippen LogP contribution in [0.15, 0.2) is 28.9 Å². The van der Waals surface area contributed by atoms with E-state index in [0.29, 0.717) is 12.2 Å². The van der Waals surface area contributed by atoms with Gasteiger partial charge < -0.3 is 20.2 Å². The van der Waals surface area contributed by atoms with E-state index in [0.717, 1.165) is 5.56 Å². The van der Waals surface area contributed by atoms with Crippen molar-refractivity contribution in [3.05, 3.63) is 45.5 Å². The van der Waals surface area contributed by atoms with Crippen molar-refractivity contribution < 1.29 is 14.3 Å². The van der Waals surface area contributed by atoms with E-state index in [-0.39, 0.29) is 18.1 Å². The molecule has 0 radical (unpaired) electrons. The highest BCUT2D eigenvalue weighted by atomic mass is 32.1. The predicted molar refractivity (Wildman–Crippen MR) is 91.6 cm³/mol. The summed E-state index contributed by atoms with van der Waals surface area (Å²) in [5, 5.41) is 15.8. The van der Waals surface area contributed by atoms with E-state index in [4.69, 9.17) is 4.42 Å². The van der Waals surface area contributed by atoms with Crippen LogP contribution in [0.5, 0.6) is 0 Å². The topological polar surface area (TPSA) is 74.5 Å². The molecule has 0 saturated carbocycles. The number of aliphatic hydroxyl groups excluding tert-OH is 1. The summed E-state index contributed by atoms with van der Waals surface area (Å²) >= 11 is 1.73. The van der Waals surface area contributed by atoms with E-state index < -0.39 is 6.10 Å². The Morgan fingerprint density at radius 2 is 2.09 bits per heavy atom. The van der Waals surface area contributed by atoms with Gasteiger partial charge in [0.15, 0.2) is 0 Å². The van der Waals surface area contributed by atoms with Gasteiger partial charge in [-0.25, -0.2) is 4.79 Å². The molecule has 126 valence electrons. The van der Waals surface area contributed by atoms with Crippen LogP contribution in [0, 0.1) is 13.8 Å². The lowest BCUT2D eigenvalue weighted by Crippen LogP contribution is -2.42. The van der Waals surface area contributed by atoms with Crippen molar-refractivity contribution in [1.29, 1.82) is 0 Å². The van der Waals surface area contributed by atoms with Gasteiger partial charge in [-0.1, -0.05) is 0 Å². The average molecular weight is 336 g/mol. The van der Waals surface area contributed by atoms with Gasteiger partial charge in [0.25, 0.3) is 0 Å². The first-order valence-electron chi connectivity index (χ1n) is 7.72. The van der Waals surface area contributed by atoms with Crippen LogP contribution in [0.1, 0.15) is 53.5 Å². The van der Waals surface area contributed by atoms with Gasteiger partial charge in [0.05, 0.1) is 12.3 Å². The first kappa shape index (κ1) is 17.6. The zero-order chi connectivity index (χ0) is 17.0. The van der Waals surface area contributed by atoms with Gasteiger partial charge in [0.2, 0.25) is 0 Å². The van der Waals surface area contributed by atoms with Crippen LogP contribution in [0.2, 0.25) is 0 Å². The summed E-state index contributed by atoms with van der Waals surface area (Å²) in [6.45, 7) is 7.95. The molecule has 2 aromatic heterocycles. The van der Waals surface area contributed by atoms with Crippen molar-refractivity contribution in [2.45, 2.75) is 52.3 Å². The third kappa shape index (κ3) is 4.84. The third-order valence-corrected chi connectivity index (χ3v) is 4.70. The first-order chi connectivity index (χ1) is 10.9. The second-order valence-corrected chi connectivity index (χ2v) is 7.34. The molecule has 0 saturated heterocycles. The third-order valence-electron chi connectivity index (χ3n) is 3.72. The molecule has 2 aromatic rings. The van der Waals surface area contributed by atoms with Gasteiger partial charge in [-0.15, -0.1) is 11.3 Å². The molecule has 0 aliphatic heterocycles. The Hall–Kier alpha value is -1.79. The van der Waals surface area contributed by atoms with Crippen LogP contribution in [-0.2, 0) is 0 Å². The fraction of sp³-hybridized carbons (Fsp3) is 0.471. The Morgan fingerprint density at radius 3 is 2.65 bits per heavy atom. The number of hydrogen-bond acceptors (Lipinski definition) is 4. The lowest BCUT2D eigenvalue weighted by Gasteiger charge is -2.19. The minimum Gasteiger partial charge on any atom is -0.467 e. The molecule has 0 unspecified atom stereocenters. The van der Waals surface area contributed by atoms with Crippen LogP contribution in [0.4, 0.5) is 4.79 Å². The maximum atomic E-state index is 12.1. The quantitative estimate of drug-likeness (QED) is 0.750. The van der Waals surface area contributed by atoms with E-state index in [9.17, 15) is 9.90 Å². The molecule has 2 heterocycles. The zero-order valence-electron chi connectivity index (χ0n) is 13.9. The standard InChI is InChI=1S/C17H24N2O3S/c1-10(8-15(20)16-6-5-7-22-16)18-17(21)19-12(3)14-9-11(2)23-13(14)4/h5-7,9-10,12,15,20H,8H2,1-4H3,(H2,18,19,21)/t10-,12-,15+/m0/s1. The van der Waals surface area contributed by atoms with Gasteiger partial charge in [0, 0.05) is 22.2 Å². The second-order valence-electron chi connectivity index (χ2n) is 5.88. The lowest BCUT2D eigenvalue weighted by atomic mass is 10.1. The summed E-state index contributed by atoms with van der Waals surface area (Å²) in [6, 6.07) is 5.10. The Morgan fingerprint density at radius 1 is 1.35 bits per heavy atom. The summed E-state index contributed by atoms with van der Waals surface area (Å²) in [5.41, 5.74) is 1.14. The molecule has 0 aliphatic rings. The van der Waals surface area contributed by atoms with Gasteiger partial charge in [0.1, 0.15) is 11.9 Å². The maximum Gasteiger partial charge on any atom is 0.315 e. The van der Waals surface area contributed by atoms with Crippen molar-refractivity contribution in [2.24, 2.45) is 0 Å². The van der Waals surface area contributed by atoms with Crippen molar-refractivity contribution in [3.63, 3.8) is 0 Å². The SMILES string of the molecule is Cc1cc([C@H](C)NC(=O)N[C@@H](C)C[C@@H](O)c2ccco2)c(C)s1. The summed E-state index contributed by atoms with van der Waals surface area (Å²) in [6.07, 6.45) is 1.20. The number of thiophene rings is 1. The van der Waals surface area contributed by atoms with Crippen LogP contribution < -0.4 is 10.6 Å². The van der Waals surface area contributed by atoms with E-state index in [2.05, 4.69) is 30.5 Å². The molecule has 6 heteroatoms. The number of rotatable bonds is 6. The second kappa shape index (κ2) is 7.66. The van der Waals surface area contributed by atoms with E-state index >= 15 is 0 Å². The van der Waals surface area contributed by atoms with E-state index in [1.54, 1.807) is 23.5 Å². The van der Waals surface area contributed by atoms with Crippen LogP contribution >= 0.6 is 11.3 Å². The van der Waals surface area contributed by atoms with Crippen molar-refractivity contribution >= 4 is 17.4 Å². The first-order valence-corrected chi connectivity index (χ1v) is 8.54. The summed E-state index contributed by atoms with van der Waals surface area (Å²) in [5.74, 6) is 0.511. The Kier molecular flexibility index (Phi) is 5.85. The molecule has 3 atom stereocenters. The molecular weight excluding hydrogens is 312 g/mol. The zero-order valence-corrected chi connectivity index (χ0v) is 14.7. The fourth-order valence-corrected chi connectivity index (χ4v) is 3.63. The number of nitrogens with one attached hydrogen (secondary N) is 2. The van der Waals surface area contributed by atoms with Crippen LogP contribution in [0.25, 0.3) is 0 Å². The van der Waals surface area contributed by atoms with Gasteiger partial charge in [-0.05, 0) is 51.5 Å². The number of amides is 2. The summed E-state index contributed by atoms with van der Waals surface area (Å²) in [7, 11) is 0. The molecule has 2 amide bonds. The van der Waals surface area contributed by atoms with E-state index in [1.165, 1.54) is 16.0 Å². The Bertz CT molecular complexity index is 636. The van der Waals surface area contributed by atoms with Gasteiger partial charge in [-0.2, -0.15) is 0 Å². The highest BCUT2D eigenvalue weighted by Gasteiger charge is 2.18. The Labute approximate surface area is 140 Å². The van der Waals surface area contributed by atoms with Gasteiger partial charge in [-0.3, -0.25) is 0 Å². The van der Waals surface area contributed by atoms with Crippen molar-refractivity contribution in [1.82, 2.24) is 10.6 Å². The molecule has 0 fully saturated rings. The van der Waals surface area contributed by atoms with Crippen LogP contribution in [0.3, 0.4) is 0 Å². The number of carbonyl (C=O) groups is 1. The largest absolute Gasteiger partial charge is 0.467 e. The number of aliphatic hydroxyl groups is 1. The number of aryl methyl sites for hydroxylation is 2. The maximum absolute atomic E-state index is 12.1. The van der Waals surface area contributed by atoms with E-state index in [1.807, 2.05) is 13.8 Å². The van der Waals surface area contributed by atoms with Crippen LogP contribution in [-0.4, -0.2) is 17.2 Å². The molecule has 0 aromatic carbocycles. The molecule has 0 spiro atoms. The monoisotopic (exact) mass is 336 g/mol. The molecule has 2 rings (SSSR count). The smallest absolute Gasteiger partial charge is 0.315 e. The number of carbonyl (C=O) groups excluding carboxylic acids is 1. The lowest BCUT2D eigenvalue weighted by molar-refractivity contribution is 0.129. The normalized spacial score (nSPS) is 15.0. The molecule has 0 aliphatic carbocycles. The van der Waals surface area contributed by atoms with Gasteiger partial charge >= 0.3 is 6.03 Å².